The van der Waals surface area contributed by atoms with Crippen molar-refractivity contribution in [3.63, 3.8) is 0 Å². The van der Waals surface area contributed by atoms with Crippen LogP contribution in [0.2, 0.25) is 0 Å². The van der Waals surface area contributed by atoms with Gasteiger partial charge in [-0.15, -0.1) is 0 Å². The van der Waals surface area contributed by atoms with Crippen LogP contribution in [0.1, 0.15) is 180 Å². The van der Waals surface area contributed by atoms with Gasteiger partial charge in [0.1, 0.15) is 24.8 Å². The van der Waals surface area contributed by atoms with Crippen LogP contribution in [-0.2, 0) is 26.2 Å². The molecule has 0 aromatic carbocycles. The minimum Gasteiger partial charge on any atom is -0.234 e. The summed E-state index contributed by atoms with van der Waals surface area (Å²) in [6, 6.07) is 0. The second-order valence-corrected chi connectivity index (χ2v) is 13.2. The Bertz CT molecular complexity index is 808. The second-order valence-electron chi connectivity index (χ2n) is 13.2. The van der Waals surface area contributed by atoms with Gasteiger partial charge in [-0.3, -0.25) is 0 Å². The number of hydrogen-bond acceptors (Lipinski definition) is 0. The van der Waals surface area contributed by atoms with Gasteiger partial charge in [-0.1, -0.05) is 117 Å². The van der Waals surface area contributed by atoms with Crippen molar-refractivity contribution in [2.45, 2.75) is 208 Å². The van der Waals surface area contributed by atoms with Crippen molar-refractivity contribution >= 4 is 0 Å². The van der Waals surface area contributed by atoms with E-state index in [1.165, 1.54) is 192 Å². The Hall–Kier alpha value is -1.58. The maximum Gasteiger partial charge on any atom is 0.253 e. The van der Waals surface area contributed by atoms with Gasteiger partial charge in [0, 0.05) is 13.8 Å². The Kier molecular flexibility index (Phi) is 21.6. The lowest BCUT2D eigenvalue weighted by Crippen LogP contribution is -2.35. The zero-order valence-electron chi connectivity index (χ0n) is 28.9. The van der Waals surface area contributed by atoms with Crippen molar-refractivity contribution in [3.05, 3.63) is 36.4 Å². The highest BCUT2D eigenvalue weighted by Crippen LogP contribution is 2.12. The average molecular weight is 585 g/mol. The molecule has 0 spiro atoms. The van der Waals surface area contributed by atoms with Gasteiger partial charge >= 0.3 is 0 Å². The van der Waals surface area contributed by atoms with Gasteiger partial charge in [0.05, 0.1) is 26.2 Å². The molecule has 0 radical (unpaired) electrons. The molecule has 4 nitrogen and oxygen atoms in total. The maximum absolute atomic E-state index is 2.48. The van der Waals surface area contributed by atoms with Crippen LogP contribution in [0.15, 0.2) is 24.8 Å². The van der Waals surface area contributed by atoms with Crippen LogP contribution in [-0.4, -0.2) is 9.13 Å². The van der Waals surface area contributed by atoms with E-state index < -0.39 is 0 Å². The highest BCUT2D eigenvalue weighted by atomic mass is 15.1. The van der Waals surface area contributed by atoms with Gasteiger partial charge in [0.2, 0.25) is 0 Å². The smallest absolute Gasteiger partial charge is 0.234 e. The minimum atomic E-state index is 1.19. The van der Waals surface area contributed by atoms with Crippen molar-refractivity contribution < 1.29 is 9.13 Å². The van der Waals surface area contributed by atoms with Gasteiger partial charge < -0.3 is 0 Å². The third kappa shape index (κ3) is 16.3. The van der Waals surface area contributed by atoms with Crippen LogP contribution >= 0.6 is 0 Å². The lowest BCUT2D eigenvalue weighted by Gasteiger charge is -2.04. The molecular weight excluding hydrogens is 512 g/mol. The highest BCUT2D eigenvalue weighted by molar-refractivity contribution is 4.80. The van der Waals surface area contributed by atoms with E-state index in [-0.39, 0.29) is 0 Å². The van der Waals surface area contributed by atoms with Crippen molar-refractivity contribution in [2.24, 2.45) is 0 Å². The van der Waals surface area contributed by atoms with Gasteiger partial charge in [-0.2, -0.15) is 0 Å². The number of unbranched alkanes of at least 4 members (excludes halogenated alkanes) is 21. The molecular formula is C38H72N4+2. The molecule has 2 aromatic rings. The third-order valence-corrected chi connectivity index (χ3v) is 9.57. The predicted octanol–water partition coefficient (Wildman–Crippen LogP) is 10.6. The lowest BCUT2D eigenvalue weighted by molar-refractivity contribution is -0.703. The molecule has 0 saturated carbocycles. The van der Waals surface area contributed by atoms with Crippen LogP contribution in [0, 0.1) is 13.8 Å². The topological polar surface area (TPSA) is 17.6 Å². The van der Waals surface area contributed by atoms with E-state index in [0.717, 1.165) is 0 Å². The molecule has 0 bridgehead atoms. The molecule has 2 rings (SSSR count). The highest BCUT2D eigenvalue weighted by Gasteiger charge is 2.12. The molecule has 0 atom stereocenters. The first kappa shape index (κ1) is 36.6. The first-order chi connectivity index (χ1) is 20.7. The van der Waals surface area contributed by atoms with Gasteiger partial charge in [0.25, 0.3) is 11.6 Å². The zero-order chi connectivity index (χ0) is 30.1. The van der Waals surface area contributed by atoms with Crippen LogP contribution in [0.4, 0.5) is 0 Å². The van der Waals surface area contributed by atoms with Crippen LogP contribution < -0.4 is 9.13 Å². The quantitative estimate of drug-likeness (QED) is 0.0668. The van der Waals surface area contributed by atoms with E-state index in [9.17, 15) is 0 Å². The molecule has 0 saturated heterocycles. The summed E-state index contributed by atoms with van der Waals surface area (Å²) < 4.78 is 9.91. The summed E-state index contributed by atoms with van der Waals surface area (Å²) in [5.41, 5.74) is 0. The maximum atomic E-state index is 2.48. The molecule has 0 aliphatic heterocycles. The second kappa shape index (κ2) is 24.8. The number of imidazole rings is 2. The van der Waals surface area contributed by atoms with Crippen LogP contribution in [0.3, 0.4) is 0 Å². The lowest BCUT2D eigenvalue weighted by atomic mass is 10.1. The molecule has 2 aromatic heterocycles. The Morgan fingerprint density at radius 2 is 0.690 bits per heavy atom. The van der Waals surface area contributed by atoms with Crippen molar-refractivity contribution in [2.75, 3.05) is 0 Å². The number of rotatable bonds is 29. The molecule has 42 heavy (non-hydrogen) atoms. The van der Waals surface area contributed by atoms with Gasteiger partial charge in [0.15, 0.2) is 0 Å². The van der Waals surface area contributed by atoms with E-state index in [0.29, 0.717) is 0 Å². The average Bonchev–Trinajstić information content (AvgIpc) is 3.53. The fraction of sp³-hybridized carbons (Fsp3) is 0.842. The molecule has 2 heterocycles. The monoisotopic (exact) mass is 585 g/mol. The van der Waals surface area contributed by atoms with Crippen molar-refractivity contribution in [3.8, 4) is 0 Å². The Balaban J connectivity index is 1.42. The summed E-state index contributed by atoms with van der Waals surface area (Å²) in [7, 11) is 0. The van der Waals surface area contributed by atoms with E-state index in [4.69, 9.17) is 0 Å². The SMILES string of the molecule is CCCCCCCCCCn1cc[n+](CCCCCCCCCC[n+]2ccn(CCCCCCCCCC)c2C)c1C. The minimum absolute atomic E-state index is 1.19. The summed E-state index contributed by atoms with van der Waals surface area (Å²) in [5.74, 6) is 2.88. The third-order valence-electron chi connectivity index (χ3n) is 9.57. The standard InChI is InChI=1S/C38H72N4/c1-5-7-9-11-13-17-21-25-29-39-33-35-41(37(39)3)31-27-23-19-15-16-20-24-28-32-42-36-34-40(38(42)4)30-26-22-18-14-12-10-8-6-2/h33-36H,5-32H2,1-4H3/q+2. The molecule has 0 aliphatic carbocycles. The van der Waals surface area contributed by atoms with E-state index in [1.807, 2.05) is 0 Å². The molecule has 0 unspecified atom stereocenters. The number of aryl methyl sites for hydroxylation is 4. The Morgan fingerprint density at radius 1 is 0.405 bits per heavy atom. The largest absolute Gasteiger partial charge is 0.253 e. The number of hydrogen-bond donors (Lipinski definition) is 0. The fourth-order valence-electron chi connectivity index (χ4n) is 6.49. The van der Waals surface area contributed by atoms with E-state index in [1.54, 1.807) is 0 Å². The van der Waals surface area contributed by atoms with E-state index >= 15 is 0 Å². The van der Waals surface area contributed by atoms with Crippen LogP contribution in [0.5, 0.6) is 0 Å². The summed E-state index contributed by atoms with van der Waals surface area (Å²) >= 11 is 0. The Morgan fingerprint density at radius 3 is 1.02 bits per heavy atom. The predicted molar refractivity (Wildman–Crippen MR) is 181 cm³/mol. The summed E-state index contributed by atoms with van der Waals surface area (Å²) in [6.45, 7) is 14.0. The summed E-state index contributed by atoms with van der Waals surface area (Å²) in [6.07, 6.45) is 42.6. The van der Waals surface area contributed by atoms with Crippen LogP contribution in [0.25, 0.3) is 0 Å². The fourth-order valence-corrected chi connectivity index (χ4v) is 6.49. The Labute approximate surface area is 262 Å². The molecule has 242 valence electrons. The molecule has 0 fully saturated rings. The first-order valence-corrected chi connectivity index (χ1v) is 18.8. The summed E-state index contributed by atoms with van der Waals surface area (Å²) in [4.78, 5) is 0. The molecule has 0 amide bonds. The molecule has 0 N–H and O–H groups in total. The molecule has 0 aliphatic rings. The molecule has 4 heteroatoms. The zero-order valence-corrected chi connectivity index (χ0v) is 28.9. The van der Waals surface area contributed by atoms with Gasteiger partial charge in [-0.25, -0.2) is 18.3 Å². The normalized spacial score (nSPS) is 11.6. The van der Waals surface area contributed by atoms with Crippen molar-refractivity contribution in [1.29, 1.82) is 0 Å². The summed E-state index contributed by atoms with van der Waals surface area (Å²) in [5, 5.41) is 0. The van der Waals surface area contributed by atoms with Crippen molar-refractivity contribution in [1.82, 2.24) is 9.13 Å². The van der Waals surface area contributed by atoms with Gasteiger partial charge in [-0.05, 0) is 51.4 Å². The number of nitrogens with zero attached hydrogens (tertiary/aromatic N) is 4. The first-order valence-electron chi connectivity index (χ1n) is 18.8. The van der Waals surface area contributed by atoms with E-state index in [2.05, 4.69) is 70.8 Å². The number of aromatic nitrogens is 4.